The van der Waals surface area contributed by atoms with E-state index in [1.54, 1.807) is 0 Å². The van der Waals surface area contributed by atoms with Gasteiger partial charge in [-0.1, -0.05) is 6.42 Å². The highest BCUT2D eigenvalue weighted by atomic mass is 15.2. The first-order chi connectivity index (χ1) is 7.59. The van der Waals surface area contributed by atoms with Crippen LogP contribution in [0.5, 0.6) is 0 Å². The van der Waals surface area contributed by atoms with Gasteiger partial charge in [-0.2, -0.15) is 0 Å². The fraction of sp³-hybridized carbons (Fsp3) is 1.00. The van der Waals surface area contributed by atoms with Crippen molar-refractivity contribution in [3.8, 4) is 0 Å². The third kappa shape index (κ3) is 3.21. The number of nitrogens with one attached hydrogen (secondary N) is 1. The van der Waals surface area contributed by atoms with E-state index in [0.717, 1.165) is 18.5 Å². The average molecular weight is 224 g/mol. The molecule has 0 aromatic heterocycles. The summed E-state index contributed by atoms with van der Waals surface area (Å²) in [5.74, 6) is 0.970. The Labute approximate surface area is 101 Å². The van der Waals surface area contributed by atoms with E-state index in [1.807, 2.05) is 0 Å². The lowest BCUT2D eigenvalue weighted by Crippen LogP contribution is -2.53. The van der Waals surface area contributed by atoms with E-state index >= 15 is 0 Å². The van der Waals surface area contributed by atoms with Crippen LogP contribution in [0.4, 0.5) is 0 Å². The van der Waals surface area contributed by atoms with Crippen LogP contribution < -0.4 is 5.32 Å². The Bertz CT molecular complexity index is 215. The Hall–Kier alpha value is -0.0800. The maximum Gasteiger partial charge on any atom is 0.0277 e. The molecular formula is C14H28N2. The van der Waals surface area contributed by atoms with Crippen LogP contribution >= 0.6 is 0 Å². The molecular weight excluding hydrogens is 196 g/mol. The van der Waals surface area contributed by atoms with Crippen LogP contribution in [0.1, 0.15) is 52.9 Å². The van der Waals surface area contributed by atoms with Gasteiger partial charge in [0, 0.05) is 18.1 Å². The molecule has 2 rings (SSSR count). The molecule has 1 saturated heterocycles. The highest BCUT2D eigenvalue weighted by Crippen LogP contribution is 2.32. The third-order valence-corrected chi connectivity index (χ3v) is 4.40. The minimum absolute atomic E-state index is 0.337. The van der Waals surface area contributed by atoms with Crippen molar-refractivity contribution in [3.63, 3.8) is 0 Å². The third-order valence-electron chi connectivity index (χ3n) is 4.40. The molecule has 0 aromatic carbocycles. The van der Waals surface area contributed by atoms with Gasteiger partial charge in [0.25, 0.3) is 0 Å². The number of piperidine rings is 1. The van der Waals surface area contributed by atoms with Crippen molar-refractivity contribution in [2.45, 2.75) is 64.5 Å². The van der Waals surface area contributed by atoms with Gasteiger partial charge < -0.3 is 5.32 Å². The van der Waals surface area contributed by atoms with E-state index in [4.69, 9.17) is 0 Å². The molecule has 1 atom stereocenters. The second-order valence-corrected chi connectivity index (χ2v) is 6.37. The molecule has 1 saturated carbocycles. The fourth-order valence-corrected chi connectivity index (χ4v) is 2.78. The van der Waals surface area contributed by atoms with Crippen molar-refractivity contribution in [1.29, 1.82) is 0 Å². The Balaban J connectivity index is 1.76. The van der Waals surface area contributed by atoms with Crippen molar-refractivity contribution in [3.05, 3.63) is 0 Å². The molecule has 1 aliphatic heterocycles. The maximum atomic E-state index is 3.74. The van der Waals surface area contributed by atoms with Crippen LogP contribution in [0.3, 0.4) is 0 Å². The molecule has 0 spiro atoms. The summed E-state index contributed by atoms with van der Waals surface area (Å²) in [4.78, 5) is 2.67. The zero-order valence-corrected chi connectivity index (χ0v) is 11.3. The number of rotatable bonds is 5. The number of nitrogens with zero attached hydrogens (tertiary/aromatic N) is 1. The molecule has 1 unspecified atom stereocenters. The first kappa shape index (κ1) is 12.4. The summed E-state index contributed by atoms with van der Waals surface area (Å²) in [6, 6.07) is 0.726. The second-order valence-electron chi connectivity index (χ2n) is 6.37. The van der Waals surface area contributed by atoms with Crippen LogP contribution in [-0.2, 0) is 0 Å². The van der Waals surface area contributed by atoms with Crippen molar-refractivity contribution in [1.82, 2.24) is 10.2 Å². The van der Waals surface area contributed by atoms with E-state index in [1.165, 1.54) is 45.2 Å². The van der Waals surface area contributed by atoms with Crippen LogP contribution in [-0.4, -0.2) is 36.1 Å². The first-order valence-corrected chi connectivity index (χ1v) is 7.08. The molecule has 94 valence electrons. The van der Waals surface area contributed by atoms with E-state index in [-0.39, 0.29) is 0 Å². The van der Waals surface area contributed by atoms with E-state index < -0.39 is 0 Å². The minimum atomic E-state index is 0.337. The number of hydrogen-bond donors (Lipinski definition) is 1. The smallest absolute Gasteiger partial charge is 0.0277 e. The quantitative estimate of drug-likeness (QED) is 0.772. The largest absolute Gasteiger partial charge is 0.312 e. The van der Waals surface area contributed by atoms with Gasteiger partial charge in [0.2, 0.25) is 0 Å². The van der Waals surface area contributed by atoms with Crippen LogP contribution in [0.15, 0.2) is 0 Å². The highest BCUT2D eigenvalue weighted by Gasteiger charge is 2.31. The lowest BCUT2D eigenvalue weighted by atomic mass is 9.98. The van der Waals surface area contributed by atoms with Crippen molar-refractivity contribution in [2.24, 2.45) is 5.92 Å². The maximum absolute atomic E-state index is 3.74. The molecule has 16 heavy (non-hydrogen) atoms. The predicted octanol–water partition coefficient (Wildman–Crippen LogP) is 2.64. The van der Waals surface area contributed by atoms with Gasteiger partial charge in [0.05, 0.1) is 0 Å². The lowest BCUT2D eigenvalue weighted by molar-refractivity contribution is 0.0916. The summed E-state index contributed by atoms with van der Waals surface area (Å²) in [6.45, 7) is 10.9. The van der Waals surface area contributed by atoms with Crippen LogP contribution in [0.2, 0.25) is 0 Å². The van der Waals surface area contributed by atoms with Gasteiger partial charge >= 0.3 is 0 Å². The molecule has 2 fully saturated rings. The van der Waals surface area contributed by atoms with Gasteiger partial charge in [-0.3, -0.25) is 4.90 Å². The zero-order valence-electron chi connectivity index (χ0n) is 11.3. The first-order valence-electron chi connectivity index (χ1n) is 7.08. The molecule has 0 radical (unpaired) electrons. The summed E-state index contributed by atoms with van der Waals surface area (Å²) in [6.07, 6.45) is 7.10. The average Bonchev–Trinajstić information content (AvgIpc) is 3.11. The van der Waals surface area contributed by atoms with Crippen molar-refractivity contribution >= 4 is 0 Å². The van der Waals surface area contributed by atoms with E-state index in [2.05, 4.69) is 31.0 Å². The van der Waals surface area contributed by atoms with Gasteiger partial charge in [0.1, 0.15) is 0 Å². The summed E-state index contributed by atoms with van der Waals surface area (Å²) < 4.78 is 0. The number of hydrogen-bond acceptors (Lipinski definition) is 2. The van der Waals surface area contributed by atoms with Crippen LogP contribution in [0.25, 0.3) is 0 Å². The molecule has 0 aromatic rings. The number of likely N-dealkylation sites (tertiary alicyclic amines) is 1. The van der Waals surface area contributed by atoms with Gasteiger partial charge in [0.15, 0.2) is 0 Å². The Morgan fingerprint density at radius 1 is 1.19 bits per heavy atom. The SMILES string of the molecule is CC(NCC(C)(C)N1CCCCC1)C1CC1. The fourth-order valence-electron chi connectivity index (χ4n) is 2.78. The molecule has 1 aliphatic carbocycles. The van der Waals surface area contributed by atoms with Gasteiger partial charge in [-0.05, 0) is 65.5 Å². The molecule has 2 aliphatic rings. The van der Waals surface area contributed by atoms with Gasteiger partial charge in [-0.25, -0.2) is 0 Å². The van der Waals surface area contributed by atoms with Crippen molar-refractivity contribution in [2.75, 3.05) is 19.6 Å². The second kappa shape index (κ2) is 5.05. The molecule has 0 amide bonds. The Morgan fingerprint density at radius 3 is 2.38 bits per heavy atom. The van der Waals surface area contributed by atoms with E-state index in [0.29, 0.717) is 5.54 Å². The molecule has 2 nitrogen and oxygen atoms in total. The lowest BCUT2D eigenvalue weighted by Gasteiger charge is -2.41. The van der Waals surface area contributed by atoms with Crippen LogP contribution in [0, 0.1) is 5.92 Å². The zero-order chi connectivity index (χ0) is 11.6. The molecule has 1 heterocycles. The predicted molar refractivity (Wildman–Crippen MR) is 69.7 cm³/mol. The Kier molecular flexibility index (Phi) is 3.91. The topological polar surface area (TPSA) is 15.3 Å². The molecule has 0 bridgehead atoms. The van der Waals surface area contributed by atoms with Gasteiger partial charge in [-0.15, -0.1) is 0 Å². The summed E-state index contributed by atoms with van der Waals surface area (Å²) in [5, 5.41) is 3.74. The standard InChI is InChI=1S/C14H28N2/c1-12(13-7-8-13)15-11-14(2,3)16-9-5-4-6-10-16/h12-13,15H,4-11H2,1-3H3. The van der Waals surface area contributed by atoms with E-state index in [9.17, 15) is 0 Å². The normalized spacial score (nSPS) is 25.7. The molecule has 2 heteroatoms. The summed E-state index contributed by atoms with van der Waals surface area (Å²) in [5.41, 5.74) is 0.337. The highest BCUT2D eigenvalue weighted by molar-refractivity contribution is 4.89. The Morgan fingerprint density at radius 2 is 1.81 bits per heavy atom. The summed E-state index contributed by atoms with van der Waals surface area (Å²) in [7, 11) is 0. The van der Waals surface area contributed by atoms with Crippen molar-refractivity contribution < 1.29 is 0 Å². The minimum Gasteiger partial charge on any atom is -0.312 e. The monoisotopic (exact) mass is 224 g/mol. The summed E-state index contributed by atoms with van der Waals surface area (Å²) >= 11 is 0. The molecule has 1 N–H and O–H groups in total.